The van der Waals surface area contributed by atoms with Crippen molar-refractivity contribution in [2.24, 2.45) is 5.92 Å². The third kappa shape index (κ3) is 3.30. The number of fused-ring (bicyclic) bond motifs is 1. The van der Waals surface area contributed by atoms with Crippen LogP contribution in [0.25, 0.3) is 0 Å². The van der Waals surface area contributed by atoms with E-state index in [0.29, 0.717) is 5.92 Å². The zero-order valence-corrected chi connectivity index (χ0v) is 11.7. The van der Waals surface area contributed by atoms with Crippen molar-refractivity contribution in [3.63, 3.8) is 0 Å². The van der Waals surface area contributed by atoms with E-state index in [2.05, 4.69) is 29.6 Å². The van der Waals surface area contributed by atoms with Crippen LogP contribution in [0, 0.1) is 5.92 Å². The Balaban J connectivity index is 1.50. The number of para-hydroxylation sites is 1. The number of hydrogen-bond acceptors (Lipinski definition) is 2. The van der Waals surface area contributed by atoms with Crippen LogP contribution in [0.4, 0.5) is 0 Å². The van der Waals surface area contributed by atoms with Crippen LogP contribution in [0.1, 0.15) is 50.0 Å². The van der Waals surface area contributed by atoms with Gasteiger partial charge in [-0.3, -0.25) is 0 Å². The van der Waals surface area contributed by atoms with Gasteiger partial charge in [0.2, 0.25) is 0 Å². The second-order valence-electron chi connectivity index (χ2n) is 6.03. The summed E-state index contributed by atoms with van der Waals surface area (Å²) in [6.07, 6.45) is 8.33. The normalized spacial score (nSPS) is 23.7. The molecular formula is C17H25NO. The predicted molar refractivity (Wildman–Crippen MR) is 78.7 cm³/mol. The van der Waals surface area contributed by atoms with E-state index >= 15 is 0 Å². The van der Waals surface area contributed by atoms with E-state index in [1.54, 1.807) is 0 Å². The van der Waals surface area contributed by atoms with E-state index in [4.69, 9.17) is 4.74 Å². The lowest BCUT2D eigenvalue weighted by molar-refractivity contribution is 0.261. The van der Waals surface area contributed by atoms with Gasteiger partial charge in [0, 0.05) is 12.5 Å². The van der Waals surface area contributed by atoms with Gasteiger partial charge in [0.15, 0.2) is 0 Å². The third-order valence-electron chi connectivity index (χ3n) is 4.63. The van der Waals surface area contributed by atoms with Crippen LogP contribution >= 0.6 is 0 Å². The second-order valence-corrected chi connectivity index (χ2v) is 6.03. The number of ether oxygens (including phenoxy) is 1. The molecule has 2 nitrogen and oxygen atoms in total. The molecule has 0 amide bonds. The van der Waals surface area contributed by atoms with Gasteiger partial charge in [-0.25, -0.2) is 0 Å². The third-order valence-corrected chi connectivity index (χ3v) is 4.63. The average Bonchev–Trinajstić information content (AvgIpc) is 2.49. The lowest BCUT2D eigenvalue weighted by Crippen LogP contribution is -2.30. The summed E-state index contributed by atoms with van der Waals surface area (Å²) >= 11 is 0. The molecule has 1 heterocycles. The van der Waals surface area contributed by atoms with Crippen LogP contribution < -0.4 is 10.1 Å². The van der Waals surface area contributed by atoms with Crippen LogP contribution in [-0.2, 0) is 0 Å². The number of rotatable bonds is 4. The minimum atomic E-state index is 0.633. The van der Waals surface area contributed by atoms with E-state index in [0.717, 1.165) is 31.2 Å². The molecule has 0 saturated heterocycles. The Kier molecular flexibility index (Phi) is 4.39. The second kappa shape index (κ2) is 6.42. The van der Waals surface area contributed by atoms with Crippen molar-refractivity contribution in [1.82, 2.24) is 5.32 Å². The standard InChI is InChI=1S/C17H25NO/c1-2-6-14(7-3-1)12-18-13-15-10-11-19-17-9-5-4-8-16(15)17/h4-5,8-9,14-15,18H,1-3,6-7,10-13H2. The fourth-order valence-electron chi connectivity index (χ4n) is 3.48. The lowest BCUT2D eigenvalue weighted by Gasteiger charge is -2.27. The fourth-order valence-corrected chi connectivity index (χ4v) is 3.48. The summed E-state index contributed by atoms with van der Waals surface area (Å²) in [5.74, 6) is 2.65. The zero-order valence-electron chi connectivity index (χ0n) is 11.7. The van der Waals surface area contributed by atoms with Crippen LogP contribution in [0.5, 0.6) is 5.75 Å². The number of nitrogens with one attached hydrogen (secondary N) is 1. The Morgan fingerprint density at radius 2 is 1.84 bits per heavy atom. The van der Waals surface area contributed by atoms with E-state index in [-0.39, 0.29) is 0 Å². The molecule has 0 aromatic heterocycles. The summed E-state index contributed by atoms with van der Waals surface area (Å²) in [5.41, 5.74) is 1.39. The summed E-state index contributed by atoms with van der Waals surface area (Å²) in [4.78, 5) is 0. The Labute approximate surface area is 116 Å². The van der Waals surface area contributed by atoms with Gasteiger partial charge in [0.05, 0.1) is 6.61 Å². The number of hydrogen-bond donors (Lipinski definition) is 1. The van der Waals surface area contributed by atoms with Crippen molar-refractivity contribution < 1.29 is 4.74 Å². The maximum Gasteiger partial charge on any atom is 0.122 e. The molecule has 1 N–H and O–H groups in total. The molecular weight excluding hydrogens is 234 g/mol. The summed E-state index contributed by atoms with van der Waals surface area (Å²) < 4.78 is 5.72. The van der Waals surface area contributed by atoms with Gasteiger partial charge in [-0.2, -0.15) is 0 Å². The van der Waals surface area contributed by atoms with Crippen molar-refractivity contribution in [2.45, 2.75) is 44.4 Å². The summed E-state index contributed by atoms with van der Waals surface area (Å²) in [7, 11) is 0. The van der Waals surface area contributed by atoms with Gasteiger partial charge in [0.1, 0.15) is 5.75 Å². The molecule has 2 heteroatoms. The summed E-state index contributed by atoms with van der Waals surface area (Å²) in [5, 5.41) is 3.71. The predicted octanol–water partition coefficient (Wildman–Crippen LogP) is 3.72. The highest BCUT2D eigenvalue weighted by Crippen LogP contribution is 2.32. The quantitative estimate of drug-likeness (QED) is 0.889. The molecule has 1 fully saturated rings. The topological polar surface area (TPSA) is 21.3 Å². The van der Waals surface area contributed by atoms with E-state index in [9.17, 15) is 0 Å². The molecule has 1 aromatic rings. The van der Waals surface area contributed by atoms with Gasteiger partial charge in [-0.05, 0) is 43.4 Å². The highest BCUT2D eigenvalue weighted by molar-refractivity contribution is 5.37. The Hall–Kier alpha value is -1.02. The highest BCUT2D eigenvalue weighted by Gasteiger charge is 2.21. The molecule has 19 heavy (non-hydrogen) atoms. The highest BCUT2D eigenvalue weighted by atomic mass is 16.5. The molecule has 1 unspecified atom stereocenters. The first-order valence-electron chi connectivity index (χ1n) is 7.86. The van der Waals surface area contributed by atoms with Crippen LogP contribution in [0.15, 0.2) is 24.3 Å². The molecule has 1 saturated carbocycles. The zero-order chi connectivity index (χ0) is 12.9. The molecule has 104 valence electrons. The molecule has 1 aliphatic heterocycles. The smallest absolute Gasteiger partial charge is 0.122 e. The lowest BCUT2D eigenvalue weighted by atomic mass is 9.88. The SMILES string of the molecule is c1ccc2c(c1)OCCC2CNCC1CCCCC1. The van der Waals surface area contributed by atoms with E-state index in [1.165, 1.54) is 44.2 Å². The molecule has 1 aliphatic carbocycles. The first kappa shape index (κ1) is 13.0. The minimum absolute atomic E-state index is 0.633. The first-order valence-corrected chi connectivity index (χ1v) is 7.86. The molecule has 2 aliphatic rings. The molecule has 3 rings (SSSR count). The van der Waals surface area contributed by atoms with Gasteiger partial charge in [-0.15, -0.1) is 0 Å². The van der Waals surface area contributed by atoms with Crippen molar-refractivity contribution in [1.29, 1.82) is 0 Å². The Morgan fingerprint density at radius 3 is 2.74 bits per heavy atom. The van der Waals surface area contributed by atoms with Crippen molar-refractivity contribution in [3.05, 3.63) is 29.8 Å². The minimum Gasteiger partial charge on any atom is -0.493 e. The Bertz CT molecular complexity index is 398. The molecule has 0 radical (unpaired) electrons. The summed E-state index contributed by atoms with van der Waals surface area (Å²) in [6.45, 7) is 3.18. The molecule has 1 atom stereocenters. The van der Waals surface area contributed by atoms with E-state index < -0.39 is 0 Å². The van der Waals surface area contributed by atoms with Gasteiger partial charge < -0.3 is 10.1 Å². The maximum atomic E-state index is 5.72. The van der Waals surface area contributed by atoms with Gasteiger partial charge >= 0.3 is 0 Å². The van der Waals surface area contributed by atoms with Gasteiger partial charge in [0.25, 0.3) is 0 Å². The van der Waals surface area contributed by atoms with Crippen molar-refractivity contribution in [3.8, 4) is 5.75 Å². The Morgan fingerprint density at radius 1 is 1.00 bits per heavy atom. The maximum absolute atomic E-state index is 5.72. The fraction of sp³-hybridized carbons (Fsp3) is 0.647. The van der Waals surface area contributed by atoms with Crippen LogP contribution in [0.2, 0.25) is 0 Å². The first-order chi connectivity index (χ1) is 9.43. The molecule has 1 aromatic carbocycles. The monoisotopic (exact) mass is 259 g/mol. The largest absolute Gasteiger partial charge is 0.493 e. The van der Waals surface area contributed by atoms with Crippen LogP contribution in [-0.4, -0.2) is 19.7 Å². The molecule has 0 spiro atoms. The average molecular weight is 259 g/mol. The van der Waals surface area contributed by atoms with Gasteiger partial charge in [-0.1, -0.05) is 37.5 Å². The van der Waals surface area contributed by atoms with Crippen molar-refractivity contribution in [2.75, 3.05) is 19.7 Å². The number of benzene rings is 1. The van der Waals surface area contributed by atoms with E-state index in [1.807, 2.05) is 0 Å². The van der Waals surface area contributed by atoms with Crippen LogP contribution in [0.3, 0.4) is 0 Å². The van der Waals surface area contributed by atoms with Crippen molar-refractivity contribution >= 4 is 0 Å². The molecule has 0 bridgehead atoms. The summed E-state index contributed by atoms with van der Waals surface area (Å²) in [6, 6.07) is 8.52.